The van der Waals surface area contributed by atoms with Gasteiger partial charge < -0.3 is 5.32 Å². The number of nitrogens with one attached hydrogen (secondary N) is 1. The Morgan fingerprint density at radius 1 is 1.28 bits per heavy atom. The van der Waals surface area contributed by atoms with E-state index >= 15 is 0 Å². The summed E-state index contributed by atoms with van der Waals surface area (Å²) in [7, 11) is -2.87. The monoisotopic (exact) mass is 368 g/mol. The molecule has 2 saturated heterocycles. The topological polar surface area (TPSA) is 66.5 Å². The first-order valence-electron chi connectivity index (χ1n) is 8.81. The molecule has 2 aliphatic heterocycles. The number of amides is 1. The van der Waals surface area contributed by atoms with Crippen LogP contribution in [0.5, 0.6) is 0 Å². The number of carbonyl (C=O) groups is 1. The molecule has 3 rings (SSSR count). The minimum atomic E-state index is -2.87. The van der Waals surface area contributed by atoms with E-state index in [0.717, 1.165) is 37.1 Å². The lowest BCUT2D eigenvalue weighted by Crippen LogP contribution is -2.45. The predicted molar refractivity (Wildman–Crippen MR) is 94.3 cm³/mol. The first-order chi connectivity index (χ1) is 11.8. The van der Waals surface area contributed by atoms with E-state index in [1.165, 1.54) is 12.1 Å². The quantitative estimate of drug-likeness (QED) is 0.878. The second-order valence-corrected chi connectivity index (χ2v) is 9.38. The van der Waals surface area contributed by atoms with Crippen molar-refractivity contribution < 1.29 is 17.6 Å². The number of piperidine rings is 1. The molecule has 2 fully saturated rings. The van der Waals surface area contributed by atoms with Crippen LogP contribution in [0.3, 0.4) is 0 Å². The summed E-state index contributed by atoms with van der Waals surface area (Å²) in [5.41, 5.74) is 1.75. The van der Waals surface area contributed by atoms with Crippen LogP contribution < -0.4 is 5.32 Å². The van der Waals surface area contributed by atoms with Gasteiger partial charge in [0.15, 0.2) is 9.84 Å². The largest absolute Gasteiger partial charge is 0.352 e. The van der Waals surface area contributed by atoms with Gasteiger partial charge in [-0.25, -0.2) is 12.8 Å². The molecule has 0 bridgehead atoms. The van der Waals surface area contributed by atoms with E-state index < -0.39 is 9.84 Å². The van der Waals surface area contributed by atoms with Gasteiger partial charge in [-0.2, -0.15) is 0 Å². The minimum absolute atomic E-state index is 0.00218. The summed E-state index contributed by atoms with van der Waals surface area (Å²) in [6.45, 7) is 3.76. The number of nitrogens with zero attached hydrogens (tertiary/aromatic N) is 1. The molecule has 1 atom stereocenters. The van der Waals surface area contributed by atoms with Crippen molar-refractivity contribution in [1.82, 2.24) is 10.2 Å². The van der Waals surface area contributed by atoms with Gasteiger partial charge in [0.2, 0.25) is 5.91 Å². The first-order valence-corrected chi connectivity index (χ1v) is 10.6. The van der Waals surface area contributed by atoms with Crippen molar-refractivity contribution in [2.75, 3.05) is 24.6 Å². The Kier molecular flexibility index (Phi) is 5.43. The summed E-state index contributed by atoms with van der Waals surface area (Å²) in [4.78, 5) is 14.6. The highest BCUT2D eigenvalue weighted by Gasteiger charge is 2.35. The molecule has 25 heavy (non-hydrogen) atoms. The molecule has 1 aromatic rings. The summed E-state index contributed by atoms with van der Waals surface area (Å²) < 4.78 is 36.5. The third kappa shape index (κ3) is 4.58. The third-order valence-corrected chi connectivity index (χ3v) is 7.14. The molecule has 2 aliphatic rings. The molecule has 1 aromatic carbocycles. The van der Waals surface area contributed by atoms with Crippen LogP contribution in [0.4, 0.5) is 4.39 Å². The maximum Gasteiger partial charge on any atom is 0.223 e. The molecule has 0 aliphatic carbocycles. The molecule has 0 aromatic heterocycles. The second kappa shape index (κ2) is 7.41. The van der Waals surface area contributed by atoms with Crippen LogP contribution in [0.2, 0.25) is 0 Å². The fourth-order valence-electron chi connectivity index (χ4n) is 3.75. The number of sulfone groups is 1. The molecular formula is C18H25FN2O3S. The summed E-state index contributed by atoms with van der Waals surface area (Å²) in [5, 5.41) is 2.91. The number of carbonyl (C=O) groups excluding carboxylic acids is 1. The average molecular weight is 368 g/mol. The fraction of sp³-hybridized carbons (Fsp3) is 0.611. The number of benzene rings is 1. The third-order valence-electron chi connectivity index (χ3n) is 5.39. The molecule has 0 radical (unpaired) electrons. The zero-order chi connectivity index (χ0) is 18.0. The molecule has 1 N–H and O–H groups in total. The number of rotatable bonds is 4. The molecule has 1 amide bonds. The van der Waals surface area contributed by atoms with Gasteiger partial charge >= 0.3 is 0 Å². The van der Waals surface area contributed by atoms with Crippen LogP contribution in [0.15, 0.2) is 18.2 Å². The van der Waals surface area contributed by atoms with Gasteiger partial charge in [0.05, 0.1) is 11.5 Å². The van der Waals surface area contributed by atoms with E-state index in [-0.39, 0.29) is 35.2 Å². The number of hydrogen-bond acceptors (Lipinski definition) is 4. The number of likely N-dealkylation sites (tertiary alicyclic amines) is 1. The molecule has 2 heterocycles. The predicted octanol–water partition coefficient (Wildman–Crippen LogP) is 1.65. The van der Waals surface area contributed by atoms with Crippen LogP contribution in [-0.2, 0) is 21.2 Å². The van der Waals surface area contributed by atoms with Crippen LogP contribution >= 0.6 is 0 Å². The molecule has 138 valence electrons. The maximum atomic E-state index is 13.3. The fourth-order valence-corrected chi connectivity index (χ4v) is 5.51. The Balaban J connectivity index is 1.48. The van der Waals surface area contributed by atoms with E-state index in [1.807, 2.05) is 6.92 Å². The van der Waals surface area contributed by atoms with E-state index in [1.54, 1.807) is 6.07 Å². The molecule has 1 unspecified atom stereocenters. The van der Waals surface area contributed by atoms with E-state index in [9.17, 15) is 17.6 Å². The normalized spacial score (nSPS) is 24.3. The summed E-state index contributed by atoms with van der Waals surface area (Å²) in [5.74, 6) is 0.188. The highest BCUT2D eigenvalue weighted by molar-refractivity contribution is 7.91. The maximum absolute atomic E-state index is 13.3. The molecule has 0 spiro atoms. The molecule has 5 nitrogen and oxygen atoms in total. The Bertz CT molecular complexity index is 743. The number of halogens is 1. The SMILES string of the molecule is Cc1ccc(F)cc1CNC(=O)C1CCN(C2CCS(=O)(=O)C2)CC1. The van der Waals surface area contributed by atoms with Crippen molar-refractivity contribution in [2.24, 2.45) is 5.92 Å². The Morgan fingerprint density at radius 3 is 2.64 bits per heavy atom. The zero-order valence-corrected chi connectivity index (χ0v) is 15.3. The number of aryl methyl sites for hydroxylation is 1. The van der Waals surface area contributed by atoms with Crippen LogP contribution in [0.25, 0.3) is 0 Å². The lowest BCUT2D eigenvalue weighted by atomic mass is 9.94. The summed E-state index contributed by atoms with van der Waals surface area (Å²) in [6, 6.07) is 4.70. The minimum Gasteiger partial charge on any atom is -0.352 e. The highest BCUT2D eigenvalue weighted by atomic mass is 32.2. The van der Waals surface area contributed by atoms with Gasteiger partial charge in [-0.3, -0.25) is 9.69 Å². The van der Waals surface area contributed by atoms with E-state index in [0.29, 0.717) is 13.0 Å². The van der Waals surface area contributed by atoms with Gasteiger partial charge in [0, 0.05) is 18.5 Å². The van der Waals surface area contributed by atoms with Gasteiger partial charge in [0.1, 0.15) is 5.82 Å². The highest BCUT2D eigenvalue weighted by Crippen LogP contribution is 2.24. The van der Waals surface area contributed by atoms with Crippen LogP contribution in [0, 0.1) is 18.7 Å². The van der Waals surface area contributed by atoms with Crippen molar-refractivity contribution in [3.05, 3.63) is 35.1 Å². The van der Waals surface area contributed by atoms with Gasteiger partial charge in [-0.15, -0.1) is 0 Å². The smallest absolute Gasteiger partial charge is 0.223 e. The molecular weight excluding hydrogens is 343 g/mol. The summed E-state index contributed by atoms with van der Waals surface area (Å²) in [6.07, 6.45) is 2.19. The van der Waals surface area contributed by atoms with Crippen LogP contribution in [-0.4, -0.2) is 49.9 Å². The van der Waals surface area contributed by atoms with Crippen molar-refractivity contribution in [3.63, 3.8) is 0 Å². The van der Waals surface area contributed by atoms with Gasteiger partial charge in [-0.1, -0.05) is 6.07 Å². The average Bonchev–Trinajstić information content (AvgIpc) is 2.95. The second-order valence-electron chi connectivity index (χ2n) is 7.16. The number of hydrogen-bond donors (Lipinski definition) is 1. The summed E-state index contributed by atoms with van der Waals surface area (Å²) >= 11 is 0. The van der Waals surface area contributed by atoms with Crippen LogP contribution in [0.1, 0.15) is 30.4 Å². The molecule has 0 saturated carbocycles. The van der Waals surface area contributed by atoms with Crippen molar-refractivity contribution in [1.29, 1.82) is 0 Å². The van der Waals surface area contributed by atoms with E-state index in [4.69, 9.17) is 0 Å². The van der Waals surface area contributed by atoms with Crippen molar-refractivity contribution in [3.8, 4) is 0 Å². The lowest BCUT2D eigenvalue weighted by molar-refractivity contribution is -0.126. The molecule has 7 heteroatoms. The Labute approximate surface area is 148 Å². The van der Waals surface area contributed by atoms with Crippen molar-refractivity contribution >= 4 is 15.7 Å². The Hall–Kier alpha value is -1.47. The van der Waals surface area contributed by atoms with Gasteiger partial charge in [-0.05, 0) is 62.5 Å². The zero-order valence-electron chi connectivity index (χ0n) is 14.5. The lowest BCUT2D eigenvalue weighted by Gasteiger charge is -2.34. The van der Waals surface area contributed by atoms with Crippen molar-refractivity contribution in [2.45, 2.75) is 38.8 Å². The Morgan fingerprint density at radius 2 is 2.00 bits per heavy atom. The first kappa shape index (κ1) is 18.3. The standard InChI is InChI=1S/C18H25FN2O3S/c1-13-2-3-16(19)10-15(13)11-20-18(22)14-4-7-21(8-5-14)17-6-9-25(23,24)12-17/h2-3,10,14,17H,4-9,11-12H2,1H3,(H,20,22). The van der Waals surface area contributed by atoms with Gasteiger partial charge in [0.25, 0.3) is 0 Å². The van der Waals surface area contributed by atoms with E-state index in [2.05, 4.69) is 10.2 Å².